The maximum absolute atomic E-state index is 11.7. The minimum Gasteiger partial charge on any atom is -0.475 e. The van der Waals surface area contributed by atoms with Gasteiger partial charge in [0.15, 0.2) is 5.78 Å². The van der Waals surface area contributed by atoms with Gasteiger partial charge in [-0.3, -0.25) is 9.59 Å². The predicted molar refractivity (Wildman–Crippen MR) is 62.1 cm³/mol. The van der Waals surface area contributed by atoms with E-state index in [2.05, 4.69) is 0 Å². The molecule has 4 nitrogen and oxygen atoms in total. The van der Waals surface area contributed by atoms with Gasteiger partial charge in [0.2, 0.25) is 5.78 Å². The summed E-state index contributed by atoms with van der Waals surface area (Å²) in [6, 6.07) is 6.90. The second-order valence-corrected chi connectivity index (χ2v) is 4.11. The minimum atomic E-state index is -1.57. The summed E-state index contributed by atoms with van der Waals surface area (Å²) in [7, 11) is 0. The number of carbonyl (C=O) groups is 3. The van der Waals surface area contributed by atoms with Gasteiger partial charge in [0.05, 0.1) is 6.42 Å². The zero-order valence-electron chi connectivity index (χ0n) is 9.77. The quantitative estimate of drug-likeness (QED) is 0.480. The van der Waals surface area contributed by atoms with Gasteiger partial charge in [-0.25, -0.2) is 4.79 Å². The highest BCUT2D eigenvalue weighted by Gasteiger charge is 2.18. The lowest BCUT2D eigenvalue weighted by molar-refractivity contribution is -0.148. The molecule has 0 bridgehead atoms. The fourth-order valence-electron chi connectivity index (χ4n) is 1.39. The van der Waals surface area contributed by atoms with E-state index >= 15 is 0 Å². The molecule has 0 saturated heterocycles. The topological polar surface area (TPSA) is 71.4 Å². The molecule has 0 amide bonds. The van der Waals surface area contributed by atoms with E-state index in [-0.39, 0.29) is 5.92 Å². The number of hydrogen-bond donors (Lipinski definition) is 1. The third-order valence-corrected chi connectivity index (χ3v) is 2.43. The molecule has 0 aromatic heterocycles. The first-order chi connectivity index (χ1) is 7.91. The smallest absolute Gasteiger partial charge is 0.372 e. The largest absolute Gasteiger partial charge is 0.475 e. The van der Waals surface area contributed by atoms with Gasteiger partial charge in [-0.05, 0) is 17.5 Å². The van der Waals surface area contributed by atoms with Crippen molar-refractivity contribution in [3.63, 3.8) is 0 Å². The van der Waals surface area contributed by atoms with Crippen LogP contribution in [0.4, 0.5) is 0 Å². The summed E-state index contributed by atoms with van der Waals surface area (Å²) in [6.07, 6.45) is -0.586. The van der Waals surface area contributed by atoms with Crippen molar-refractivity contribution in [3.05, 3.63) is 35.4 Å². The molecule has 0 atom stereocenters. The Labute approximate surface area is 99.3 Å². The molecular weight excluding hydrogens is 220 g/mol. The van der Waals surface area contributed by atoms with Crippen LogP contribution in [0, 0.1) is 0 Å². The second kappa shape index (κ2) is 5.39. The molecule has 0 aliphatic carbocycles. The Bertz CT molecular complexity index is 460. The number of carboxylic acids is 1. The fourth-order valence-corrected chi connectivity index (χ4v) is 1.39. The van der Waals surface area contributed by atoms with E-state index in [1.54, 1.807) is 18.2 Å². The first kappa shape index (κ1) is 13.1. The molecule has 90 valence electrons. The fraction of sp³-hybridized carbons (Fsp3) is 0.308. The van der Waals surface area contributed by atoms with Gasteiger partial charge in [0.1, 0.15) is 0 Å². The highest BCUT2D eigenvalue weighted by Crippen LogP contribution is 2.16. The van der Waals surface area contributed by atoms with E-state index in [1.165, 1.54) is 0 Å². The molecular formula is C13H14O4. The van der Waals surface area contributed by atoms with E-state index < -0.39 is 24.0 Å². The molecule has 1 aromatic carbocycles. The third-order valence-electron chi connectivity index (χ3n) is 2.43. The van der Waals surface area contributed by atoms with Crippen molar-refractivity contribution >= 4 is 17.5 Å². The maximum Gasteiger partial charge on any atom is 0.372 e. The van der Waals surface area contributed by atoms with Crippen molar-refractivity contribution in [2.24, 2.45) is 0 Å². The van der Waals surface area contributed by atoms with Gasteiger partial charge in [-0.15, -0.1) is 0 Å². The number of carboxylic acid groups (broad SMARTS) is 1. The number of hydrogen-bond acceptors (Lipinski definition) is 3. The number of aliphatic carboxylic acids is 1. The van der Waals surface area contributed by atoms with Gasteiger partial charge in [-0.1, -0.05) is 32.0 Å². The van der Waals surface area contributed by atoms with Crippen LogP contribution in [0.1, 0.15) is 42.1 Å². The SMILES string of the molecule is CC(C)c1cccc(C(=O)CC(=O)C(=O)O)c1. The Morgan fingerprint density at radius 2 is 1.88 bits per heavy atom. The van der Waals surface area contributed by atoms with E-state index in [0.717, 1.165) is 5.56 Å². The zero-order valence-corrected chi connectivity index (χ0v) is 9.77. The molecule has 1 rings (SSSR count). The molecule has 0 heterocycles. The summed E-state index contributed by atoms with van der Waals surface area (Å²) in [5, 5.41) is 8.42. The van der Waals surface area contributed by atoms with Crippen LogP contribution in [-0.2, 0) is 9.59 Å². The molecule has 0 unspecified atom stereocenters. The lowest BCUT2D eigenvalue weighted by Crippen LogP contribution is -2.17. The molecule has 0 radical (unpaired) electrons. The van der Waals surface area contributed by atoms with E-state index in [1.807, 2.05) is 19.9 Å². The zero-order chi connectivity index (χ0) is 13.0. The predicted octanol–water partition coefficient (Wildman–Crippen LogP) is 2.04. The van der Waals surface area contributed by atoms with E-state index in [0.29, 0.717) is 5.56 Å². The van der Waals surface area contributed by atoms with Crippen molar-refractivity contribution in [3.8, 4) is 0 Å². The summed E-state index contributed by atoms with van der Waals surface area (Å²) in [6.45, 7) is 3.98. The van der Waals surface area contributed by atoms with Crippen LogP contribution in [0.3, 0.4) is 0 Å². The Morgan fingerprint density at radius 1 is 1.24 bits per heavy atom. The molecule has 0 aliphatic rings. The first-order valence-corrected chi connectivity index (χ1v) is 5.31. The van der Waals surface area contributed by atoms with Crippen molar-refractivity contribution in [2.45, 2.75) is 26.2 Å². The van der Waals surface area contributed by atoms with Crippen LogP contribution in [0.2, 0.25) is 0 Å². The van der Waals surface area contributed by atoms with E-state index in [9.17, 15) is 14.4 Å². The average molecular weight is 234 g/mol. The summed E-state index contributed by atoms with van der Waals surface area (Å²) < 4.78 is 0. The summed E-state index contributed by atoms with van der Waals surface area (Å²) >= 11 is 0. The molecule has 0 spiro atoms. The standard InChI is InChI=1S/C13H14O4/c1-8(2)9-4-3-5-10(6-9)11(14)7-12(15)13(16)17/h3-6,8H,7H2,1-2H3,(H,16,17). The van der Waals surface area contributed by atoms with E-state index in [4.69, 9.17) is 5.11 Å². The Hall–Kier alpha value is -1.97. The highest BCUT2D eigenvalue weighted by atomic mass is 16.4. The van der Waals surface area contributed by atoms with Crippen LogP contribution in [-0.4, -0.2) is 22.6 Å². The number of ketones is 2. The monoisotopic (exact) mass is 234 g/mol. The number of rotatable bonds is 5. The molecule has 0 saturated carbocycles. The van der Waals surface area contributed by atoms with Crippen LogP contribution in [0.15, 0.2) is 24.3 Å². The maximum atomic E-state index is 11.7. The first-order valence-electron chi connectivity index (χ1n) is 5.31. The van der Waals surface area contributed by atoms with Crippen molar-refractivity contribution < 1.29 is 19.5 Å². The number of benzene rings is 1. The highest BCUT2D eigenvalue weighted by molar-refractivity contribution is 6.37. The molecule has 4 heteroatoms. The molecule has 17 heavy (non-hydrogen) atoms. The lowest BCUT2D eigenvalue weighted by atomic mass is 9.98. The normalized spacial score (nSPS) is 10.3. The van der Waals surface area contributed by atoms with Gasteiger partial charge in [-0.2, -0.15) is 0 Å². The van der Waals surface area contributed by atoms with Gasteiger partial charge < -0.3 is 5.11 Å². The van der Waals surface area contributed by atoms with Crippen molar-refractivity contribution in [1.29, 1.82) is 0 Å². The van der Waals surface area contributed by atoms with Gasteiger partial charge in [0, 0.05) is 5.56 Å². The molecule has 1 N–H and O–H groups in total. The molecule has 1 aromatic rings. The van der Waals surface area contributed by atoms with Crippen LogP contribution in [0.25, 0.3) is 0 Å². The van der Waals surface area contributed by atoms with Crippen LogP contribution in [0.5, 0.6) is 0 Å². The van der Waals surface area contributed by atoms with Gasteiger partial charge in [0.25, 0.3) is 0 Å². The van der Waals surface area contributed by atoms with Gasteiger partial charge >= 0.3 is 5.97 Å². The summed E-state index contributed by atoms with van der Waals surface area (Å²) in [4.78, 5) is 32.9. The summed E-state index contributed by atoms with van der Waals surface area (Å²) in [5.41, 5.74) is 1.37. The lowest BCUT2D eigenvalue weighted by Gasteiger charge is -2.06. The Kier molecular flexibility index (Phi) is 4.15. The number of carbonyl (C=O) groups excluding carboxylic acids is 2. The van der Waals surface area contributed by atoms with Crippen molar-refractivity contribution in [2.75, 3.05) is 0 Å². The Morgan fingerprint density at radius 3 is 2.41 bits per heavy atom. The number of Topliss-reactive ketones (excluding diaryl/α,β-unsaturated/α-hetero) is 2. The Balaban J connectivity index is 2.86. The average Bonchev–Trinajstić information content (AvgIpc) is 2.28. The van der Waals surface area contributed by atoms with Crippen molar-refractivity contribution in [1.82, 2.24) is 0 Å². The third kappa shape index (κ3) is 3.52. The summed E-state index contributed by atoms with van der Waals surface area (Å²) in [5.74, 6) is -2.83. The molecule has 0 aliphatic heterocycles. The van der Waals surface area contributed by atoms with Crippen LogP contribution < -0.4 is 0 Å². The minimum absolute atomic E-state index is 0.276. The van der Waals surface area contributed by atoms with Crippen LogP contribution >= 0.6 is 0 Å². The molecule has 0 fully saturated rings. The second-order valence-electron chi connectivity index (χ2n) is 4.11.